The average molecular weight is 557 g/mol. The summed E-state index contributed by atoms with van der Waals surface area (Å²) in [5, 5.41) is 3.94. The summed E-state index contributed by atoms with van der Waals surface area (Å²) in [4.78, 5) is 27.9. The molecule has 0 aliphatic rings. The van der Waals surface area contributed by atoms with Crippen molar-refractivity contribution >= 4 is 50.7 Å². The zero-order valence-corrected chi connectivity index (χ0v) is 23.6. The summed E-state index contributed by atoms with van der Waals surface area (Å²) in [6.07, 6.45) is 2.73. The topological polar surface area (TPSA) is 86.8 Å². The highest BCUT2D eigenvalue weighted by Gasteiger charge is 2.29. The van der Waals surface area contributed by atoms with Crippen LogP contribution in [0.2, 0.25) is 10.0 Å². The summed E-state index contributed by atoms with van der Waals surface area (Å²) >= 11 is 12.2. The van der Waals surface area contributed by atoms with E-state index in [9.17, 15) is 18.0 Å². The Morgan fingerprint density at radius 3 is 2.31 bits per heavy atom. The molecule has 0 aliphatic heterocycles. The third-order valence-electron chi connectivity index (χ3n) is 5.86. The lowest BCUT2D eigenvalue weighted by Gasteiger charge is -2.31. The van der Waals surface area contributed by atoms with E-state index in [1.54, 1.807) is 42.2 Å². The predicted octanol–water partition coefficient (Wildman–Crippen LogP) is 5.18. The first-order chi connectivity index (χ1) is 17.0. The van der Waals surface area contributed by atoms with Crippen LogP contribution in [0.3, 0.4) is 0 Å². The highest BCUT2D eigenvalue weighted by Crippen LogP contribution is 2.28. The molecule has 2 rings (SSSR count). The Labute approximate surface area is 224 Å². The van der Waals surface area contributed by atoms with Gasteiger partial charge in [0.1, 0.15) is 6.04 Å². The molecule has 1 N–H and O–H groups in total. The Hall–Kier alpha value is -2.29. The zero-order valence-electron chi connectivity index (χ0n) is 21.3. The number of hydrogen-bond acceptors (Lipinski definition) is 4. The lowest BCUT2D eigenvalue weighted by Crippen LogP contribution is -2.49. The van der Waals surface area contributed by atoms with Crippen LogP contribution >= 0.6 is 23.2 Å². The predicted molar refractivity (Wildman–Crippen MR) is 147 cm³/mol. The van der Waals surface area contributed by atoms with E-state index in [0.29, 0.717) is 34.3 Å². The van der Waals surface area contributed by atoms with Crippen molar-refractivity contribution in [3.8, 4) is 0 Å². The number of anilines is 1. The van der Waals surface area contributed by atoms with Gasteiger partial charge in [0.25, 0.3) is 0 Å². The summed E-state index contributed by atoms with van der Waals surface area (Å²) in [6, 6.07) is 11.6. The van der Waals surface area contributed by atoms with Crippen molar-refractivity contribution in [1.29, 1.82) is 0 Å². The minimum atomic E-state index is -3.60. The van der Waals surface area contributed by atoms with Crippen LogP contribution in [0.5, 0.6) is 0 Å². The van der Waals surface area contributed by atoms with Crippen LogP contribution in [0.25, 0.3) is 0 Å². The van der Waals surface area contributed by atoms with Crippen molar-refractivity contribution in [2.24, 2.45) is 0 Å². The Morgan fingerprint density at radius 2 is 1.72 bits per heavy atom. The number of rotatable bonds is 13. The molecule has 0 saturated heterocycles. The lowest BCUT2D eigenvalue weighted by atomic mass is 10.1. The highest BCUT2D eigenvalue weighted by molar-refractivity contribution is 7.92. The van der Waals surface area contributed by atoms with Crippen LogP contribution in [0.1, 0.15) is 50.7 Å². The van der Waals surface area contributed by atoms with E-state index in [4.69, 9.17) is 23.2 Å². The molecule has 0 heterocycles. The van der Waals surface area contributed by atoms with Crippen molar-refractivity contribution in [3.63, 3.8) is 0 Å². The molecule has 0 fully saturated rings. The molecule has 7 nitrogen and oxygen atoms in total. The van der Waals surface area contributed by atoms with E-state index in [1.165, 1.54) is 4.31 Å². The number of sulfonamides is 1. The molecule has 0 aliphatic carbocycles. The Balaban J connectivity index is 2.23. The minimum absolute atomic E-state index is 0.0801. The van der Waals surface area contributed by atoms with Crippen LogP contribution < -0.4 is 9.62 Å². The molecule has 2 amide bonds. The fourth-order valence-electron chi connectivity index (χ4n) is 3.92. The monoisotopic (exact) mass is 555 g/mol. The van der Waals surface area contributed by atoms with Crippen LogP contribution in [-0.2, 0) is 26.2 Å². The molecule has 2 aromatic carbocycles. The van der Waals surface area contributed by atoms with E-state index in [2.05, 4.69) is 5.32 Å². The van der Waals surface area contributed by atoms with Gasteiger partial charge in [-0.1, -0.05) is 55.2 Å². The number of nitrogens with one attached hydrogen (secondary N) is 1. The second kappa shape index (κ2) is 13.9. The van der Waals surface area contributed by atoms with Crippen LogP contribution in [-0.4, -0.2) is 50.5 Å². The summed E-state index contributed by atoms with van der Waals surface area (Å²) < 4.78 is 26.4. The third kappa shape index (κ3) is 8.39. The molecule has 0 spiro atoms. The number of benzene rings is 2. The van der Waals surface area contributed by atoms with E-state index in [1.807, 2.05) is 26.0 Å². The molecule has 36 heavy (non-hydrogen) atoms. The van der Waals surface area contributed by atoms with Gasteiger partial charge in [0.15, 0.2) is 0 Å². The smallest absolute Gasteiger partial charge is 0.242 e. The molecule has 10 heteroatoms. The third-order valence-corrected chi connectivity index (χ3v) is 7.70. The number of hydrogen-bond donors (Lipinski definition) is 1. The summed E-state index contributed by atoms with van der Waals surface area (Å²) in [5.74, 6) is -0.423. The van der Waals surface area contributed by atoms with E-state index >= 15 is 0 Å². The molecular formula is C26H35Cl2N3O4S. The van der Waals surface area contributed by atoms with Gasteiger partial charge in [-0.15, -0.1) is 0 Å². The normalized spacial score (nSPS) is 12.2. The molecule has 0 radical (unpaired) electrons. The summed E-state index contributed by atoms with van der Waals surface area (Å²) in [7, 11) is -3.60. The molecular weight excluding hydrogens is 521 g/mol. The van der Waals surface area contributed by atoms with Gasteiger partial charge in [0.05, 0.1) is 11.9 Å². The first-order valence-electron chi connectivity index (χ1n) is 12.0. The number of carbonyl (C=O) groups excluding carboxylic acids is 2. The van der Waals surface area contributed by atoms with Crippen LogP contribution in [0.4, 0.5) is 5.69 Å². The lowest BCUT2D eigenvalue weighted by molar-refractivity contribution is -0.141. The second-order valence-electron chi connectivity index (χ2n) is 8.69. The molecule has 0 bridgehead atoms. The minimum Gasteiger partial charge on any atom is -0.354 e. The first-order valence-corrected chi connectivity index (χ1v) is 14.6. The van der Waals surface area contributed by atoms with Gasteiger partial charge in [-0.25, -0.2) is 8.42 Å². The van der Waals surface area contributed by atoms with Gasteiger partial charge >= 0.3 is 0 Å². The Morgan fingerprint density at radius 1 is 1.06 bits per heavy atom. The summed E-state index contributed by atoms with van der Waals surface area (Å²) in [5.41, 5.74) is 1.99. The van der Waals surface area contributed by atoms with Crippen molar-refractivity contribution in [2.75, 3.05) is 23.7 Å². The molecule has 0 aromatic heterocycles. The number of nitrogens with zero attached hydrogens (tertiary/aromatic N) is 2. The first kappa shape index (κ1) is 29.9. The van der Waals surface area contributed by atoms with Crippen molar-refractivity contribution < 1.29 is 18.0 Å². The van der Waals surface area contributed by atoms with Gasteiger partial charge in [0.2, 0.25) is 21.8 Å². The fraction of sp³-hybridized carbons (Fsp3) is 0.462. The maximum Gasteiger partial charge on any atom is 0.242 e. The van der Waals surface area contributed by atoms with Gasteiger partial charge < -0.3 is 10.2 Å². The maximum atomic E-state index is 13.4. The Bertz CT molecular complexity index is 1140. The van der Waals surface area contributed by atoms with E-state index < -0.39 is 16.1 Å². The van der Waals surface area contributed by atoms with Gasteiger partial charge in [0, 0.05) is 36.1 Å². The maximum absolute atomic E-state index is 13.4. The van der Waals surface area contributed by atoms with Crippen molar-refractivity contribution in [2.45, 2.75) is 59.0 Å². The van der Waals surface area contributed by atoms with Crippen molar-refractivity contribution in [3.05, 3.63) is 63.6 Å². The molecule has 2 aromatic rings. The number of carbonyl (C=O) groups is 2. The average Bonchev–Trinajstić information content (AvgIpc) is 2.82. The number of halogens is 2. The molecule has 1 atom stereocenters. The Kier molecular flexibility index (Phi) is 11.5. The molecule has 0 saturated carbocycles. The van der Waals surface area contributed by atoms with Gasteiger partial charge in [-0.3, -0.25) is 13.9 Å². The van der Waals surface area contributed by atoms with Gasteiger partial charge in [-0.2, -0.15) is 0 Å². The number of amides is 2. The van der Waals surface area contributed by atoms with Crippen LogP contribution in [0.15, 0.2) is 42.5 Å². The highest BCUT2D eigenvalue weighted by atomic mass is 35.5. The quantitative estimate of drug-likeness (QED) is 0.368. The SMILES string of the molecule is CCCNC(=O)[C@@H](CC)N(Cc1ccc(Cl)cc1)C(=O)CCCN(c1cccc(Cl)c1C)S(C)(=O)=O. The largest absolute Gasteiger partial charge is 0.354 e. The summed E-state index contributed by atoms with van der Waals surface area (Å²) in [6.45, 7) is 6.48. The van der Waals surface area contributed by atoms with Gasteiger partial charge in [-0.05, 0) is 61.6 Å². The molecule has 0 unspecified atom stereocenters. The fourth-order valence-corrected chi connectivity index (χ4v) is 5.23. The standard InChI is InChI=1S/C26H35Cl2N3O4S/c1-5-16-29-26(33)23(6-2)30(18-20-12-14-21(27)15-13-20)25(32)11-8-17-31(36(4,34)35)24-10-7-9-22(28)19(24)3/h7,9-10,12-15,23H,5-6,8,11,16-18H2,1-4H3,(H,29,33)/t23-/m1/s1. The molecule has 198 valence electrons. The van der Waals surface area contributed by atoms with Crippen LogP contribution in [0, 0.1) is 6.92 Å². The second-order valence-corrected chi connectivity index (χ2v) is 11.4. The van der Waals surface area contributed by atoms with Crippen molar-refractivity contribution in [1.82, 2.24) is 10.2 Å². The van der Waals surface area contributed by atoms with E-state index in [-0.39, 0.29) is 37.7 Å². The zero-order chi connectivity index (χ0) is 26.9. The van der Waals surface area contributed by atoms with E-state index in [0.717, 1.165) is 18.2 Å².